The number of benzene rings is 1. The van der Waals surface area contributed by atoms with Crippen LogP contribution in [0.3, 0.4) is 0 Å². The molecule has 2 aromatic rings. The van der Waals surface area contributed by atoms with E-state index in [-0.39, 0.29) is 12.0 Å². The highest BCUT2D eigenvalue weighted by Gasteiger charge is 2.38. The lowest BCUT2D eigenvalue weighted by Gasteiger charge is -2.15. The van der Waals surface area contributed by atoms with Gasteiger partial charge >= 0.3 is 6.03 Å². The first-order chi connectivity index (χ1) is 13.1. The molecule has 0 bridgehead atoms. The molecule has 0 aliphatic carbocycles. The third-order valence-electron chi connectivity index (χ3n) is 4.91. The lowest BCUT2D eigenvalue weighted by molar-refractivity contribution is -0.118. The van der Waals surface area contributed by atoms with Gasteiger partial charge in [0.25, 0.3) is 5.91 Å². The number of nitrogens with zero attached hydrogens (tertiary/aromatic N) is 2. The van der Waals surface area contributed by atoms with E-state index in [2.05, 4.69) is 17.2 Å². The fourth-order valence-electron chi connectivity index (χ4n) is 3.50. The van der Waals surface area contributed by atoms with Crippen molar-refractivity contribution in [3.63, 3.8) is 0 Å². The maximum absolute atomic E-state index is 12.3. The van der Waals surface area contributed by atoms with Crippen molar-refractivity contribution in [3.05, 3.63) is 47.7 Å². The summed E-state index contributed by atoms with van der Waals surface area (Å²) in [6, 6.07) is 8.28. The lowest BCUT2D eigenvalue weighted by atomic mass is 10.0. The number of carbonyl (C=O) groups is 2. The Morgan fingerprint density at radius 2 is 2.07 bits per heavy atom. The summed E-state index contributed by atoms with van der Waals surface area (Å²) < 4.78 is 11.8. The number of imide groups is 1. The van der Waals surface area contributed by atoms with E-state index >= 15 is 0 Å². The minimum Gasteiger partial charge on any atom is -0.439 e. The Kier molecular flexibility index (Phi) is 4.53. The molecule has 7 nitrogen and oxygen atoms in total. The zero-order valence-corrected chi connectivity index (χ0v) is 15.3. The molecule has 2 aliphatic heterocycles. The van der Waals surface area contributed by atoms with Crippen molar-refractivity contribution >= 4 is 17.6 Å². The number of ether oxygens (including phenoxy) is 2. The number of carbonyl (C=O) groups excluding carboxylic acids is 2. The second-order valence-corrected chi connectivity index (χ2v) is 6.58. The van der Waals surface area contributed by atoms with Gasteiger partial charge in [-0.3, -0.25) is 4.79 Å². The molecule has 27 heavy (non-hydrogen) atoms. The Morgan fingerprint density at radius 1 is 1.22 bits per heavy atom. The van der Waals surface area contributed by atoms with Crippen LogP contribution in [-0.2, 0) is 16.1 Å². The second-order valence-electron chi connectivity index (χ2n) is 6.58. The smallest absolute Gasteiger partial charge is 0.329 e. The zero-order valence-electron chi connectivity index (χ0n) is 15.3. The average Bonchev–Trinajstić information content (AvgIpc) is 3.23. The number of nitrogens with one attached hydrogen (secondary N) is 1. The monoisotopic (exact) mass is 367 g/mol. The fraction of sp³-hybridized carbons (Fsp3) is 0.350. The van der Waals surface area contributed by atoms with Crippen molar-refractivity contribution in [2.45, 2.75) is 45.4 Å². The van der Waals surface area contributed by atoms with Crippen molar-refractivity contribution in [1.29, 1.82) is 0 Å². The van der Waals surface area contributed by atoms with Crippen LogP contribution in [0.4, 0.5) is 10.5 Å². The van der Waals surface area contributed by atoms with Gasteiger partial charge in [-0.1, -0.05) is 26.0 Å². The standard InChI is InChI=1S/C20H21N3O4/c1-3-14-19(24)23(20(25)22-14)13-8-9-17(21-10-13)27-16-7-5-6-12-11-26-15(4-2)18(12)16/h5-10,14-15H,3-4,11H2,1-2H3,(H,22,25)/t14-,15-/m1/s1. The largest absolute Gasteiger partial charge is 0.439 e. The first-order valence-corrected chi connectivity index (χ1v) is 9.14. The van der Waals surface area contributed by atoms with Gasteiger partial charge in [0, 0.05) is 11.6 Å². The highest BCUT2D eigenvalue weighted by Crippen LogP contribution is 2.40. The normalized spacial score (nSPS) is 21.3. The number of hydrogen-bond acceptors (Lipinski definition) is 5. The van der Waals surface area contributed by atoms with Crippen LogP contribution in [0.25, 0.3) is 0 Å². The van der Waals surface area contributed by atoms with Gasteiger partial charge in [-0.2, -0.15) is 0 Å². The molecule has 3 heterocycles. The molecule has 1 aromatic heterocycles. The number of anilines is 1. The summed E-state index contributed by atoms with van der Waals surface area (Å²) in [5.41, 5.74) is 2.61. The number of hydrogen-bond donors (Lipinski definition) is 1. The molecule has 1 saturated heterocycles. The van der Waals surface area contributed by atoms with Gasteiger partial charge in [0.15, 0.2) is 0 Å². The molecule has 0 saturated carbocycles. The van der Waals surface area contributed by atoms with Crippen molar-refractivity contribution in [1.82, 2.24) is 10.3 Å². The van der Waals surface area contributed by atoms with Crippen molar-refractivity contribution in [2.75, 3.05) is 4.90 Å². The third kappa shape index (κ3) is 3.04. The van der Waals surface area contributed by atoms with Gasteiger partial charge in [0.2, 0.25) is 5.88 Å². The van der Waals surface area contributed by atoms with Crippen molar-refractivity contribution in [3.8, 4) is 11.6 Å². The molecule has 1 aromatic carbocycles. The minimum atomic E-state index is -0.480. The fourth-order valence-corrected chi connectivity index (χ4v) is 3.50. The van der Waals surface area contributed by atoms with E-state index in [0.717, 1.165) is 28.2 Å². The Balaban J connectivity index is 1.56. The number of pyridine rings is 1. The van der Waals surface area contributed by atoms with Crippen LogP contribution in [0.5, 0.6) is 11.6 Å². The molecular formula is C20H21N3O4. The molecule has 7 heteroatoms. The third-order valence-corrected chi connectivity index (χ3v) is 4.91. The molecule has 0 spiro atoms. The highest BCUT2D eigenvalue weighted by atomic mass is 16.5. The number of aromatic nitrogens is 1. The van der Waals surface area contributed by atoms with E-state index in [1.54, 1.807) is 12.1 Å². The van der Waals surface area contributed by atoms with Crippen molar-refractivity contribution in [2.24, 2.45) is 0 Å². The van der Waals surface area contributed by atoms with E-state index in [1.165, 1.54) is 6.20 Å². The Hall–Kier alpha value is -2.93. The number of urea groups is 1. The molecule has 4 rings (SSSR count). The van der Waals surface area contributed by atoms with Gasteiger partial charge < -0.3 is 14.8 Å². The van der Waals surface area contributed by atoms with Crippen molar-refractivity contribution < 1.29 is 19.1 Å². The van der Waals surface area contributed by atoms with Gasteiger partial charge in [0.1, 0.15) is 11.8 Å². The summed E-state index contributed by atoms with van der Waals surface area (Å²) in [4.78, 5) is 29.7. The van der Waals surface area contributed by atoms with Crippen LogP contribution in [0.15, 0.2) is 36.5 Å². The van der Waals surface area contributed by atoms with Gasteiger partial charge in [0.05, 0.1) is 24.6 Å². The van der Waals surface area contributed by atoms with Crippen LogP contribution in [0, 0.1) is 0 Å². The van der Waals surface area contributed by atoms with Gasteiger partial charge in [-0.25, -0.2) is 14.7 Å². The molecular weight excluding hydrogens is 346 g/mol. The zero-order chi connectivity index (χ0) is 19.0. The van der Waals surface area contributed by atoms with E-state index in [9.17, 15) is 9.59 Å². The van der Waals surface area contributed by atoms with Gasteiger partial charge in [-0.05, 0) is 30.5 Å². The molecule has 1 N–H and O–H groups in total. The quantitative estimate of drug-likeness (QED) is 0.815. The van der Waals surface area contributed by atoms with E-state index < -0.39 is 12.1 Å². The highest BCUT2D eigenvalue weighted by molar-refractivity contribution is 6.21. The Bertz CT molecular complexity index is 881. The second kappa shape index (κ2) is 7.00. The minimum absolute atomic E-state index is 0.0207. The summed E-state index contributed by atoms with van der Waals surface area (Å²) >= 11 is 0. The van der Waals surface area contributed by atoms with Crippen LogP contribution in [-0.4, -0.2) is 23.0 Å². The first-order valence-electron chi connectivity index (χ1n) is 9.14. The number of amides is 3. The topological polar surface area (TPSA) is 80.8 Å². The molecule has 1 fully saturated rings. The Labute approximate surface area is 157 Å². The lowest BCUT2D eigenvalue weighted by Crippen LogP contribution is -2.31. The van der Waals surface area contributed by atoms with E-state index in [0.29, 0.717) is 24.6 Å². The van der Waals surface area contributed by atoms with Gasteiger partial charge in [-0.15, -0.1) is 0 Å². The van der Waals surface area contributed by atoms with Crippen LogP contribution >= 0.6 is 0 Å². The summed E-state index contributed by atoms with van der Waals surface area (Å²) in [7, 11) is 0. The predicted molar refractivity (Wildman–Crippen MR) is 98.7 cm³/mol. The summed E-state index contributed by atoms with van der Waals surface area (Å²) in [6.07, 6.45) is 2.91. The van der Waals surface area contributed by atoms with Crippen LogP contribution < -0.4 is 15.0 Å². The molecule has 2 aliphatic rings. The summed E-state index contributed by atoms with van der Waals surface area (Å²) in [5.74, 6) is 0.855. The summed E-state index contributed by atoms with van der Waals surface area (Å²) in [6.45, 7) is 4.51. The molecule has 0 radical (unpaired) electrons. The number of fused-ring (bicyclic) bond motifs is 1. The average molecular weight is 367 g/mol. The number of rotatable bonds is 5. The molecule has 0 unspecified atom stereocenters. The molecule has 2 atom stereocenters. The molecule has 3 amide bonds. The maximum atomic E-state index is 12.3. The van der Waals surface area contributed by atoms with Crippen LogP contribution in [0.2, 0.25) is 0 Å². The SMILES string of the molecule is CC[C@H]1NC(=O)N(c2ccc(Oc3cccc4c3[C@@H](CC)OC4)nc2)C1=O. The van der Waals surface area contributed by atoms with Crippen LogP contribution in [0.1, 0.15) is 43.9 Å². The maximum Gasteiger partial charge on any atom is 0.329 e. The summed E-state index contributed by atoms with van der Waals surface area (Å²) in [5, 5.41) is 2.66. The predicted octanol–water partition coefficient (Wildman–Crippen LogP) is 3.69. The van der Waals surface area contributed by atoms with E-state index in [4.69, 9.17) is 9.47 Å². The van der Waals surface area contributed by atoms with E-state index in [1.807, 2.05) is 25.1 Å². The molecule has 140 valence electrons. The first kappa shape index (κ1) is 17.5. The Morgan fingerprint density at radius 3 is 2.74 bits per heavy atom.